The number of amides is 1. The largest absolute Gasteiger partial charge is 0.494 e. The molecule has 1 saturated heterocycles. The molecule has 1 fully saturated rings. The standard InChI is InChI=1S/C18H26N2O4/c1-3-14(13-8-5-6-10-16(13)24-4-2)19-17(21)12-20-11-7-9-15(20)18(22)23/h5-6,8,10,14-15H,3-4,7,9,11-12H2,1-2H3,(H,19,21)(H,22,23)/t14-,15+/m1/s1. The van der Waals surface area contributed by atoms with Crippen molar-refractivity contribution in [1.29, 1.82) is 0 Å². The maximum Gasteiger partial charge on any atom is 0.320 e. The molecule has 0 spiro atoms. The van der Waals surface area contributed by atoms with Gasteiger partial charge in [-0.25, -0.2) is 0 Å². The zero-order valence-electron chi connectivity index (χ0n) is 14.3. The van der Waals surface area contributed by atoms with Crippen LogP contribution in [0.15, 0.2) is 24.3 Å². The summed E-state index contributed by atoms with van der Waals surface area (Å²) < 4.78 is 5.64. The molecule has 0 unspecified atom stereocenters. The number of carbonyl (C=O) groups is 2. The maximum absolute atomic E-state index is 12.4. The van der Waals surface area contributed by atoms with Gasteiger partial charge < -0.3 is 15.2 Å². The van der Waals surface area contributed by atoms with E-state index in [9.17, 15) is 14.7 Å². The fourth-order valence-corrected chi connectivity index (χ4v) is 3.17. The molecule has 0 aromatic heterocycles. The summed E-state index contributed by atoms with van der Waals surface area (Å²) in [6.07, 6.45) is 2.15. The number of nitrogens with zero attached hydrogens (tertiary/aromatic N) is 1. The minimum Gasteiger partial charge on any atom is -0.494 e. The lowest BCUT2D eigenvalue weighted by atomic mass is 10.0. The van der Waals surface area contributed by atoms with Gasteiger partial charge in [-0.2, -0.15) is 0 Å². The van der Waals surface area contributed by atoms with E-state index >= 15 is 0 Å². The van der Waals surface area contributed by atoms with Crippen LogP contribution in [0.4, 0.5) is 0 Å². The number of para-hydroxylation sites is 1. The fraction of sp³-hybridized carbons (Fsp3) is 0.556. The van der Waals surface area contributed by atoms with Gasteiger partial charge in [0.2, 0.25) is 5.91 Å². The quantitative estimate of drug-likeness (QED) is 0.762. The first-order valence-corrected chi connectivity index (χ1v) is 8.54. The number of aliphatic carboxylic acids is 1. The van der Waals surface area contributed by atoms with Crippen LogP contribution in [0.5, 0.6) is 5.75 Å². The molecule has 132 valence electrons. The monoisotopic (exact) mass is 334 g/mol. The van der Waals surface area contributed by atoms with Crippen LogP contribution in [-0.2, 0) is 9.59 Å². The number of ether oxygens (including phenoxy) is 1. The number of hydrogen-bond donors (Lipinski definition) is 2. The summed E-state index contributed by atoms with van der Waals surface area (Å²) in [4.78, 5) is 25.3. The second-order valence-electron chi connectivity index (χ2n) is 5.97. The van der Waals surface area contributed by atoms with Gasteiger partial charge in [0, 0.05) is 5.56 Å². The van der Waals surface area contributed by atoms with Crippen LogP contribution in [0.2, 0.25) is 0 Å². The van der Waals surface area contributed by atoms with Crippen LogP contribution in [-0.4, -0.2) is 47.6 Å². The first-order chi connectivity index (χ1) is 11.6. The zero-order chi connectivity index (χ0) is 17.5. The summed E-state index contributed by atoms with van der Waals surface area (Å²) in [6, 6.07) is 6.99. The van der Waals surface area contributed by atoms with E-state index in [0.717, 1.165) is 24.2 Å². The van der Waals surface area contributed by atoms with E-state index in [1.54, 1.807) is 4.90 Å². The Balaban J connectivity index is 2.02. The number of carboxylic acid groups (broad SMARTS) is 1. The van der Waals surface area contributed by atoms with Crippen LogP contribution < -0.4 is 10.1 Å². The third-order valence-electron chi connectivity index (χ3n) is 4.33. The Morgan fingerprint density at radius 2 is 2.12 bits per heavy atom. The van der Waals surface area contributed by atoms with Gasteiger partial charge in [0.05, 0.1) is 19.2 Å². The molecule has 2 atom stereocenters. The van der Waals surface area contributed by atoms with Crippen molar-refractivity contribution in [2.45, 2.75) is 45.2 Å². The van der Waals surface area contributed by atoms with Gasteiger partial charge in [-0.05, 0) is 38.8 Å². The Labute approximate surface area is 142 Å². The molecule has 2 rings (SSSR count). The van der Waals surface area contributed by atoms with E-state index in [4.69, 9.17) is 4.74 Å². The van der Waals surface area contributed by atoms with Gasteiger partial charge in [0.1, 0.15) is 11.8 Å². The van der Waals surface area contributed by atoms with E-state index in [1.807, 2.05) is 38.1 Å². The average Bonchev–Trinajstić information content (AvgIpc) is 3.02. The smallest absolute Gasteiger partial charge is 0.320 e. The van der Waals surface area contributed by atoms with Crippen LogP contribution in [0.1, 0.15) is 44.7 Å². The number of benzene rings is 1. The van der Waals surface area contributed by atoms with Crippen molar-refractivity contribution in [2.24, 2.45) is 0 Å². The molecule has 2 N–H and O–H groups in total. The Hall–Kier alpha value is -2.08. The normalized spacial score (nSPS) is 19.0. The highest BCUT2D eigenvalue weighted by atomic mass is 16.5. The molecule has 1 aromatic carbocycles. The number of carboxylic acids is 1. The van der Waals surface area contributed by atoms with Crippen molar-refractivity contribution in [2.75, 3.05) is 19.7 Å². The highest BCUT2D eigenvalue weighted by molar-refractivity contribution is 5.80. The first kappa shape index (κ1) is 18.3. The zero-order valence-corrected chi connectivity index (χ0v) is 14.3. The Morgan fingerprint density at radius 1 is 1.38 bits per heavy atom. The predicted molar refractivity (Wildman–Crippen MR) is 91.0 cm³/mol. The van der Waals surface area contributed by atoms with Gasteiger partial charge in [0.25, 0.3) is 0 Å². The number of carbonyl (C=O) groups excluding carboxylic acids is 1. The van der Waals surface area contributed by atoms with E-state index < -0.39 is 12.0 Å². The molecule has 0 radical (unpaired) electrons. The van der Waals surface area contributed by atoms with Crippen molar-refractivity contribution < 1.29 is 19.4 Å². The van der Waals surface area contributed by atoms with Crippen molar-refractivity contribution in [1.82, 2.24) is 10.2 Å². The Kier molecular flexibility index (Phi) is 6.61. The summed E-state index contributed by atoms with van der Waals surface area (Å²) >= 11 is 0. The maximum atomic E-state index is 12.4. The van der Waals surface area contributed by atoms with Crippen LogP contribution in [0.25, 0.3) is 0 Å². The number of rotatable bonds is 8. The summed E-state index contributed by atoms with van der Waals surface area (Å²) in [5.74, 6) is -0.230. The molecular weight excluding hydrogens is 308 g/mol. The molecule has 24 heavy (non-hydrogen) atoms. The lowest BCUT2D eigenvalue weighted by Gasteiger charge is -2.24. The molecular formula is C18H26N2O4. The van der Waals surface area contributed by atoms with Crippen LogP contribution in [0, 0.1) is 0 Å². The third kappa shape index (κ3) is 4.47. The summed E-state index contributed by atoms with van der Waals surface area (Å²) in [7, 11) is 0. The van der Waals surface area contributed by atoms with E-state index in [-0.39, 0.29) is 18.5 Å². The molecule has 1 aromatic rings. The first-order valence-electron chi connectivity index (χ1n) is 8.54. The minimum absolute atomic E-state index is 0.115. The number of likely N-dealkylation sites (tertiary alicyclic amines) is 1. The van der Waals surface area contributed by atoms with Gasteiger partial charge in [-0.1, -0.05) is 25.1 Å². The molecule has 0 bridgehead atoms. The van der Waals surface area contributed by atoms with Crippen molar-refractivity contribution >= 4 is 11.9 Å². The molecule has 6 heteroatoms. The van der Waals surface area contributed by atoms with E-state index in [0.29, 0.717) is 19.6 Å². The average molecular weight is 334 g/mol. The molecule has 1 amide bonds. The molecule has 1 heterocycles. The van der Waals surface area contributed by atoms with Crippen LogP contribution in [0.3, 0.4) is 0 Å². The topological polar surface area (TPSA) is 78.9 Å². The molecule has 6 nitrogen and oxygen atoms in total. The van der Waals surface area contributed by atoms with Crippen LogP contribution >= 0.6 is 0 Å². The van der Waals surface area contributed by atoms with Crippen molar-refractivity contribution in [3.63, 3.8) is 0 Å². The van der Waals surface area contributed by atoms with Gasteiger partial charge >= 0.3 is 5.97 Å². The highest BCUT2D eigenvalue weighted by Crippen LogP contribution is 2.27. The predicted octanol–water partition coefficient (Wildman–Crippen LogP) is 2.20. The van der Waals surface area contributed by atoms with E-state index in [1.165, 1.54) is 0 Å². The number of hydrogen-bond acceptors (Lipinski definition) is 4. The fourth-order valence-electron chi connectivity index (χ4n) is 3.17. The second kappa shape index (κ2) is 8.68. The second-order valence-corrected chi connectivity index (χ2v) is 5.97. The molecule has 1 aliphatic rings. The number of nitrogens with one attached hydrogen (secondary N) is 1. The Morgan fingerprint density at radius 3 is 2.79 bits per heavy atom. The summed E-state index contributed by atoms with van der Waals surface area (Å²) in [5, 5.41) is 12.2. The van der Waals surface area contributed by atoms with Crippen molar-refractivity contribution in [3.8, 4) is 5.75 Å². The third-order valence-corrected chi connectivity index (χ3v) is 4.33. The lowest BCUT2D eigenvalue weighted by Crippen LogP contribution is -2.43. The summed E-state index contributed by atoms with van der Waals surface area (Å²) in [5.41, 5.74) is 0.950. The van der Waals surface area contributed by atoms with Gasteiger partial charge in [-0.3, -0.25) is 14.5 Å². The molecule has 0 saturated carbocycles. The minimum atomic E-state index is -0.853. The molecule has 0 aliphatic carbocycles. The lowest BCUT2D eigenvalue weighted by molar-refractivity contribution is -0.142. The Bertz CT molecular complexity index is 576. The highest BCUT2D eigenvalue weighted by Gasteiger charge is 2.32. The van der Waals surface area contributed by atoms with E-state index in [2.05, 4.69) is 5.32 Å². The molecule has 1 aliphatic heterocycles. The summed E-state index contributed by atoms with van der Waals surface area (Å²) in [6.45, 7) is 5.26. The van der Waals surface area contributed by atoms with Gasteiger partial charge in [-0.15, -0.1) is 0 Å². The van der Waals surface area contributed by atoms with Crippen molar-refractivity contribution in [3.05, 3.63) is 29.8 Å². The van der Waals surface area contributed by atoms with Gasteiger partial charge in [0.15, 0.2) is 0 Å². The SMILES string of the molecule is CCOc1ccccc1[C@@H](CC)NC(=O)CN1CCC[C@H]1C(=O)O.